The molecular weight excluding hydrogens is 350 g/mol. The van der Waals surface area contributed by atoms with Gasteiger partial charge in [-0.2, -0.15) is 0 Å². The minimum Gasteiger partial charge on any atom is -0.479 e. The first-order valence-corrected chi connectivity index (χ1v) is 8.58. The molecule has 0 bridgehead atoms. The van der Waals surface area contributed by atoms with Gasteiger partial charge in [0.1, 0.15) is 5.75 Å². The molecule has 1 heterocycles. The molecule has 27 heavy (non-hydrogen) atoms. The van der Waals surface area contributed by atoms with Gasteiger partial charge >= 0.3 is 0 Å². The van der Waals surface area contributed by atoms with Gasteiger partial charge in [0.2, 0.25) is 0 Å². The Morgan fingerprint density at radius 3 is 2.59 bits per heavy atom. The second-order valence-electron chi connectivity index (χ2n) is 6.19. The van der Waals surface area contributed by atoms with Crippen LogP contribution in [0.25, 0.3) is 0 Å². The van der Waals surface area contributed by atoms with Gasteiger partial charge in [-0.3, -0.25) is 19.7 Å². The third kappa shape index (κ3) is 3.74. The van der Waals surface area contributed by atoms with Crippen molar-refractivity contribution in [2.75, 3.05) is 16.8 Å². The molecule has 1 N–H and O–H groups in total. The predicted molar refractivity (Wildman–Crippen MR) is 100 cm³/mol. The molecule has 0 aromatic heterocycles. The fourth-order valence-electron chi connectivity index (χ4n) is 2.88. The van der Waals surface area contributed by atoms with Crippen molar-refractivity contribution in [2.24, 2.45) is 0 Å². The van der Waals surface area contributed by atoms with Crippen LogP contribution >= 0.6 is 0 Å². The topological polar surface area (TPSA) is 102 Å². The van der Waals surface area contributed by atoms with E-state index in [2.05, 4.69) is 5.32 Å². The van der Waals surface area contributed by atoms with E-state index in [4.69, 9.17) is 4.74 Å². The average Bonchev–Trinajstić information content (AvgIpc) is 2.66. The molecule has 0 saturated heterocycles. The molecule has 1 aliphatic rings. The first-order chi connectivity index (χ1) is 12.9. The number of anilines is 2. The van der Waals surface area contributed by atoms with Crippen LogP contribution in [-0.2, 0) is 4.79 Å². The summed E-state index contributed by atoms with van der Waals surface area (Å²) in [6.45, 7) is 4.24. The lowest BCUT2D eigenvalue weighted by molar-refractivity contribution is -0.384. The molecule has 0 aliphatic carbocycles. The monoisotopic (exact) mass is 369 g/mol. The summed E-state index contributed by atoms with van der Waals surface area (Å²) in [7, 11) is 0. The van der Waals surface area contributed by atoms with Crippen LogP contribution in [0.1, 0.15) is 30.6 Å². The van der Waals surface area contributed by atoms with E-state index in [9.17, 15) is 19.7 Å². The van der Waals surface area contributed by atoms with Crippen molar-refractivity contribution >= 4 is 28.9 Å². The SMILES string of the molecule is CCCN1C(=O)C(C)Oc2ccc(NC(=O)c3ccc([N+](=O)[O-])cc3)cc21. The molecule has 1 unspecified atom stereocenters. The highest BCUT2D eigenvalue weighted by Gasteiger charge is 2.31. The highest BCUT2D eigenvalue weighted by atomic mass is 16.6. The molecule has 1 aliphatic heterocycles. The summed E-state index contributed by atoms with van der Waals surface area (Å²) in [6.07, 6.45) is 0.238. The Bertz CT molecular complexity index is 895. The summed E-state index contributed by atoms with van der Waals surface area (Å²) in [5.74, 6) is 0.0652. The van der Waals surface area contributed by atoms with E-state index in [0.29, 0.717) is 29.2 Å². The minimum atomic E-state index is -0.551. The van der Waals surface area contributed by atoms with Crippen molar-refractivity contribution in [1.82, 2.24) is 0 Å². The van der Waals surface area contributed by atoms with Crippen molar-refractivity contribution < 1.29 is 19.2 Å². The van der Waals surface area contributed by atoms with Crippen LogP contribution in [0.5, 0.6) is 5.75 Å². The number of fused-ring (bicyclic) bond motifs is 1. The highest BCUT2D eigenvalue weighted by Crippen LogP contribution is 2.36. The summed E-state index contributed by atoms with van der Waals surface area (Å²) in [5, 5.41) is 13.4. The molecule has 140 valence electrons. The number of nitrogens with one attached hydrogen (secondary N) is 1. The van der Waals surface area contributed by atoms with Crippen LogP contribution < -0.4 is 15.0 Å². The number of nitrogens with zero attached hydrogens (tertiary/aromatic N) is 2. The molecule has 1 atom stereocenters. The first kappa shape index (κ1) is 18.4. The van der Waals surface area contributed by atoms with Crippen LogP contribution in [0, 0.1) is 10.1 Å². The summed E-state index contributed by atoms with van der Waals surface area (Å²) < 4.78 is 5.63. The van der Waals surface area contributed by atoms with Gasteiger partial charge in [-0.1, -0.05) is 6.92 Å². The molecule has 0 fully saturated rings. The van der Waals surface area contributed by atoms with Crippen molar-refractivity contribution in [3.63, 3.8) is 0 Å². The maximum absolute atomic E-state index is 12.4. The summed E-state index contributed by atoms with van der Waals surface area (Å²) in [5.41, 5.74) is 1.33. The Morgan fingerprint density at radius 1 is 1.26 bits per heavy atom. The zero-order valence-corrected chi connectivity index (χ0v) is 15.0. The predicted octanol–water partition coefficient (Wildman–Crippen LogP) is 3.37. The van der Waals surface area contributed by atoms with Crippen molar-refractivity contribution in [3.05, 3.63) is 58.1 Å². The lowest BCUT2D eigenvalue weighted by atomic mass is 10.1. The number of hydrogen-bond donors (Lipinski definition) is 1. The number of hydrogen-bond acceptors (Lipinski definition) is 5. The van der Waals surface area contributed by atoms with Gasteiger partial charge in [0.15, 0.2) is 6.10 Å². The molecule has 3 rings (SSSR count). The number of carbonyl (C=O) groups excluding carboxylic acids is 2. The molecule has 0 radical (unpaired) electrons. The second-order valence-corrected chi connectivity index (χ2v) is 6.19. The largest absolute Gasteiger partial charge is 0.479 e. The maximum atomic E-state index is 12.4. The fourth-order valence-corrected chi connectivity index (χ4v) is 2.88. The van der Waals surface area contributed by atoms with Crippen LogP contribution in [0.15, 0.2) is 42.5 Å². The lowest BCUT2D eigenvalue weighted by Crippen LogP contribution is -2.44. The van der Waals surface area contributed by atoms with Crippen LogP contribution in [-0.4, -0.2) is 29.4 Å². The number of amides is 2. The number of non-ortho nitro benzene ring substituents is 1. The van der Waals surface area contributed by atoms with Crippen molar-refractivity contribution in [3.8, 4) is 5.75 Å². The fraction of sp³-hybridized carbons (Fsp3) is 0.263. The molecule has 8 heteroatoms. The molecular formula is C19H19N3O5. The van der Waals surface area contributed by atoms with E-state index in [0.717, 1.165) is 6.42 Å². The number of ether oxygens (including phenoxy) is 1. The molecule has 2 aromatic carbocycles. The van der Waals surface area contributed by atoms with Crippen LogP contribution in [0.4, 0.5) is 17.1 Å². The Hall–Kier alpha value is -3.42. The van der Waals surface area contributed by atoms with Gasteiger partial charge in [0.05, 0.1) is 10.6 Å². The zero-order valence-electron chi connectivity index (χ0n) is 15.0. The zero-order chi connectivity index (χ0) is 19.6. The number of nitro groups is 1. The smallest absolute Gasteiger partial charge is 0.269 e. The van der Waals surface area contributed by atoms with Gasteiger partial charge in [0, 0.05) is 29.9 Å². The quantitative estimate of drug-likeness (QED) is 0.643. The number of benzene rings is 2. The van der Waals surface area contributed by atoms with Crippen molar-refractivity contribution in [2.45, 2.75) is 26.4 Å². The third-order valence-corrected chi connectivity index (χ3v) is 4.21. The standard InChI is InChI=1S/C19H19N3O5/c1-3-10-21-16-11-14(6-9-17(16)27-12(2)19(21)24)20-18(23)13-4-7-15(8-5-13)22(25)26/h4-9,11-12H,3,10H2,1-2H3,(H,20,23). The number of carbonyl (C=O) groups is 2. The van der Waals surface area contributed by atoms with Gasteiger partial charge in [-0.15, -0.1) is 0 Å². The Balaban J connectivity index is 1.83. The molecule has 8 nitrogen and oxygen atoms in total. The summed E-state index contributed by atoms with van der Waals surface area (Å²) in [4.78, 5) is 36.6. The normalized spacial score (nSPS) is 15.7. The minimum absolute atomic E-state index is 0.0830. The van der Waals surface area contributed by atoms with Gasteiger partial charge < -0.3 is 15.0 Å². The average molecular weight is 369 g/mol. The maximum Gasteiger partial charge on any atom is 0.269 e. The molecule has 2 aromatic rings. The van der Waals surface area contributed by atoms with E-state index >= 15 is 0 Å². The van der Waals surface area contributed by atoms with Crippen LogP contribution in [0.2, 0.25) is 0 Å². The van der Waals surface area contributed by atoms with E-state index in [1.807, 2.05) is 6.92 Å². The van der Waals surface area contributed by atoms with Gasteiger partial charge in [-0.25, -0.2) is 0 Å². The van der Waals surface area contributed by atoms with Crippen molar-refractivity contribution in [1.29, 1.82) is 0 Å². The molecule has 2 amide bonds. The Labute approximate surface area is 155 Å². The summed E-state index contributed by atoms with van der Waals surface area (Å²) in [6, 6.07) is 10.4. The van der Waals surface area contributed by atoms with E-state index in [-0.39, 0.29) is 11.6 Å². The van der Waals surface area contributed by atoms with Gasteiger partial charge in [-0.05, 0) is 43.7 Å². The lowest BCUT2D eigenvalue weighted by Gasteiger charge is -2.33. The third-order valence-electron chi connectivity index (χ3n) is 4.21. The van der Waals surface area contributed by atoms with E-state index < -0.39 is 16.9 Å². The summed E-state index contributed by atoms with van der Waals surface area (Å²) >= 11 is 0. The molecule has 0 saturated carbocycles. The first-order valence-electron chi connectivity index (χ1n) is 8.58. The van der Waals surface area contributed by atoms with E-state index in [1.165, 1.54) is 24.3 Å². The number of rotatable bonds is 5. The van der Waals surface area contributed by atoms with Crippen LogP contribution in [0.3, 0.4) is 0 Å². The number of nitro benzene ring substituents is 1. The molecule has 0 spiro atoms. The van der Waals surface area contributed by atoms with E-state index in [1.54, 1.807) is 30.0 Å². The Morgan fingerprint density at radius 2 is 1.96 bits per heavy atom. The Kier molecular flexibility index (Phi) is 5.07. The second kappa shape index (κ2) is 7.45. The highest BCUT2D eigenvalue weighted by molar-refractivity contribution is 6.05. The van der Waals surface area contributed by atoms with Gasteiger partial charge in [0.25, 0.3) is 17.5 Å².